The number of carbonyl (C=O) groups excluding carboxylic acids is 1. The molecule has 106 valence electrons. The first kappa shape index (κ1) is 13.0. The van der Waals surface area contributed by atoms with Gasteiger partial charge < -0.3 is 0 Å². The summed E-state index contributed by atoms with van der Waals surface area (Å²) in [5.41, 5.74) is 6.80. The van der Waals surface area contributed by atoms with Crippen LogP contribution in [-0.2, 0) is 6.42 Å². The average Bonchev–Trinajstić information content (AvgIpc) is 2.96. The highest BCUT2D eigenvalue weighted by Crippen LogP contribution is 2.29. The fraction of sp³-hybridized carbons (Fsp3) is 0.0952. The lowest BCUT2D eigenvalue weighted by Gasteiger charge is -2.07. The molecule has 3 aromatic carbocycles. The number of aryl methyl sites for hydroxylation is 1. The highest BCUT2D eigenvalue weighted by atomic mass is 16.1. The molecule has 0 heterocycles. The van der Waals surface area contributed by atoms with Gasteiger partial charge in [0.05, 0.1) is 0 Å². The Hall–Kier alpha value is -2.67. The van der Waals surface area contributed by atoms with E-state index in [9.17, 15) is 4.79 Å². The van der Waals surface area contributed by atoms with Gasteiger partial charge >= 0.3 is 0 Å². The van der Waals surface area contributed by atoms with E-state index < -0.39 is 0 Å². The lowest BCUT2D eigenvalue weighted by molar-refractivity contribution is 0.0994. The van der Waals surface area contributed by atoms with Gasteiger partial charge in [-0.1, -0.05) is 66.7 Å². The molecule has 4 rings (SSSR count). The fourth-order valence-electron chi connectivity index (χ4n) is 3.10. The molecular weight excluding hydrogens is 268 g/mol. The Morgan fingerprint density at radius 2 is 1.18 bits per heavy atom. The summed E-state index contributed by atoms with van der Waals surface area (Å²) < 4.78 is 0. The van der Waals surface area contributed by atoms with Crippen LogP contribution in [0.3, 0.4) is 0 Å². The van der Waals surface area contributed by atoms with Crippen LogP contribution in [0.5, 0.6) is 0 Å². The second-order valence-electron chi connectivity index (χ2n) is 5.74. The predicted octanol–water partition coefficient (Wildman–Crippen LogP) is 5.15. The van der Waals surface area contributed by atoms with E-state index in [1.165, 1.54) is 16.7 Å². The molecule has 0 saturated heterocycles. The van der Waals surface area contributed by atoms with Crippen LogP contribution in [-0.4, -0.2) is 5.78 Å². The summed E-state index contributed by atoms with van der Waals surface area (Å²) in [6, 6.07) is 25.2. The van der Waals surface area contributed by atoms with Gasteiger partial charge in [0.25, 0.3) is 0 Å². The smallest absolute Gasteiger partial charge is 0.163 e. The standard InChI is InChI=1S/C21H16O/c22-21-13-12-18-10-11-19(14-20(18)21)17-8-6-16(7-9-17)15-4-2-1-3-5-15/h1-11,14H,12-13H2. The van der Waals surface area contributed by atoms with E-state index in [0.717, 1.165) is 23.1 Å². The first-order chi connectivity index (χ1) is 10.8. The zero-order valence-corrected chi connectivity index (χ0v) is 12.3. The topological polar surface area (TPSA) is 17.1 Å². The maximum atomic E-state index is 11.9. The molecule has 0 fully saturated rings. The number of hydrogen-bond acceptors (Lipinski definition) is 1. The normalized spacial score (nSPS) is 13.2. The molecule has 0 radical (unpaired) electrons. The van der Waals surface area contributed by atoms with Crippen molar-refractivity contribution in [2.75, 3.05) is 0 Å². The van der Waals surface area contributed by atoms with E-state index in [-0.39, 0.29) is 5.78 Å². The average molecular weight is 284 g/mol. The Balaban J connectivity index is 1.70. The van der Waals surface area contributed by atoms with Crippen molar-refractivity contribution in [3.05, 3.63) is 83.9 Å². The van der Waals surface area contributed by atoms with Gasteiger partial charge in [0, 0.05) is 12.0 Å². The second-order valence-corrected chi connectivity index (χ2v) is 5.74. The second kappa shape index (κ2) is 5.27. The van der Waals surface area contributed by atoms with Crippen LogP contribution in [0.15, 0.2) is 72.8 Å². The molecule has 1 aliphatic rings. The summed E-state index contributed by atoms with van der Waals surface area (Å²) in [7, 11) is 0. The zero-order chi connectivity index (χ0) is 14.9. The van der Waals surface area contributed by atoms with E-state index >= 15 is 0 Å². The quantitative estimate of drug-likeness (QED) is 0.636. The lowest BCUT2D eigenvalue weighted by atomic mass is 9.98. The van der Waals surface area contributed by atoms with Crippen LogP contribution in [0.25, 0.3) is 22.3 Å². The van der Waals surface area contributed by atoms with Gasteiger partial charge in [0.15, 0.2) is 5.78 Å². The Morgan fingerprint density at radius 3 is 1.91 bits per heavy atom. The van der Waals surface area contributed by atoms with Crippen LogP contribution in [0.2, 0.25) is 0 Å². The van der Waals surface area contributed by atoms with Crippen LogP contribution >= 0.6 is 0 Å². The summed E-state index contributed by atoms with van der Waals surface area (Å²) >= 11 is 0. The molecule has 22 heavy (non-hydrogen) atoms. The Bertz CT molecular complexity index is 830. The highest BCUT2D eigenvalue weighted by Gasteiger charge is 2.19. The Kier molecular flexibility index (Phi) is 3.12. The number of hydrogen-bond donors (Lipinski definition) is 0. The van der Waals surface area contributed by atoms with Gasteiger partial charge in [0.2, 0.25) is 0 Å². The van der Waals surface area contributed by atoms with Crippen molar-refractivity contribution in [3.8, 4) is 22.3 Å². The van der Waals surface area contributed by atoms with Gasteiger partial charge in [-0.3, -0.25) is 4.79 Å². The molecule has 0 amide bonds. The minimum atomic E-state index is 0.276. The summed E-state index contributed by atoms with van der Waals surface area (Å²) in [6.07, 6.45) is 1.55. The van der Waals surface area contributed by atoms with Crippen LogP contribution < -0.4 is 0 Å². The zero-order valence-electron chi connectivity index (χ0n) is 12.3. The van der Waals surface area contributed by atoms with E-state index in [4.69, 9.17) is 0 Å². The molecular formula is C21H16O. The van der Waals surface area contributed by atoms with Gasteiger partial charge in [0.1, 0.15) is 0 Å². The van der Waals surface area contributed by atoms with Crippen molar-refractivity contribution >= 4 is 5.78 Å². The van der Waals surface area contributed by atoms with E-state index in [1.54, 1.807) is 0 Å². The van der Waals surface area contributed by atoms with Crippen molar-refractivity contribution in [1.82, 2.24) is 0 Å². The number of benzene rings is 3. The SMILES string of the molecule is O=C1CCc2ccc(-c3ccc(-c4ccccc4)cc3)cc21. The van der Waals surface area contributed by atoms with Crippen molar-refractivity contribution in [1.29, 1.82) is 0 Å². The van der Waals surface area contributed by atoms with Gasteiger partial charge in [-0.15, -0.1) is 0 Å². The minimum Gasteiger partial charge on any atom is -0.294 e. The van der Waals surface area contributed by atoms with Crippen molar-refractivity contribution in [2.45, 2.75) is 12.8 Å². The van der Waals surface area contributed by atoms with E-state index in [0.29, 0.717) is 6.42 Å². The Morgan fingerprint density at radius 1 is 0.591 bits per heavy atom. The van der Waals surface area contributed by atoms with E-state index in [2.05, 4.69) is 60.7 Å². The van der Waals surface area contributed by atoms with Crippen molar-refractivity contribution in [3.63, 3.8) is 0 Å². The van der Waals surface area contributed by atoms with E-state index in [1.807, 2.05) is 12.1 Å². The summed E-state index contributed by atoms with van der Waals surface area (Å²) in [4.78, 5) is 11.9. The first-order valence-electron chi connectivity index (χ1n) is 7.63. The molecule has 1 heteroatoms. The summed E-state index contributed by atoms with van der Waals surface area (Å²) in [5.74, 6) is 0.276. The minimum absolute atomic E-state index is 0.276. The monoisotopic (exact) mass is 284 g/mol. The molecule has 0 spiro atoms. The number of ketones is 1. The fourth-order valence-corrected chi connectivity index (χ4v) is 3.10. The number of carbonyl (C=O) groups is 1. The van der Waals surface area contributed by atoms with Gasteiger partial charge in [-0.25, -0.2) is 0 Å². The maximum absolute atomic E-state index is 11.9. The van der Waals surface area contributed by atoms with Crippen LogP contribution in [0, 0.1) is 0 Å². The molecule has 0 unspecified atom stereocenters. The van der Waals surface area contributed by atoms with Crippen LogP contribution in [0.1, 0.15) is 22.3 Å². The molecule has 0 atom stereocenters. The largest absolute Gasteiger partial charge is 0.294 e. The third-order valence-electron chi connectivity index (χ3n) is 4.36. The summed E-state index contributed by atoms with van der Waals surface area (Å²) in [5, 5.41) is 0. The first-order valence-corrected chi connectivity index (χ1v) is 7.63. The predicted molar refractivity (Wildman–Crippen MR) is 90.0 cm³/mol. The Labute approximate surface area is 130 Å². The number of fused-ring (bicyclic) bond motifs is 1. The van der Waals surface area contributed by atoms with Crippen molar-refractivity contribution in [2.24, 2.45) is 0 Å². The molecule has 0 saturated carbocycles. The van der Waals surface area contributed by atoms with Crippen molar-refractivity contribution < 1.29 is 4.79 Å². The molecule has 0 aromatic heterocycles. The number of rotatable bonds is 2. The number of Topliss-reactive ketones (excluding diaryl/α,β-unsaturated/α-hetero) is 1. The van der Waals surface area contributed by atoms with Gasteiger partial charge in [-0.2, -0.15) is 0 Å². The van der Waals surface area contributed by atoms with Crippen LogP contribution in [0.4, 0.5) is 0 Å². The molecule has 1 aliphatic carbocycles. The van der Waals surface area contributed by atoms with Gasteiger partial charge in [-0.05, 0) is 40.3 Å². The molecule has 0 bridgehead atoms. The highest BCUT2D eigenvalue weighted by molar-refractivity contribution is 6.01. The third-order valence-corrected chi connectivity index (χ3v) is 4.36. The lowest BCUT2D eigenvalue weighted by Crippen LogP contribution is -1.91. The molecule has 0 aliphatic heterocycles. The molecule has 3 aromatic rings. The third kappa shape index (κ3) is 2.25. The summed E-state index contributed by atoms with van der Waals surface area (Å²) in [6.45, 7) is 0. The molecule has 0 N–H and O–H groups in total. The maximum Gasteiger partial charge on any atom is 0.163 e. The molecule has 1 nitrogen and oxygen atoms in total.